The summed E-state index contributed by atoms with van der Waals surface area (Å²) in [6, 6.07) is 10.5. The molecule has 1 N–H and O–H groups in total. The molecule has 4 aromatic rings. The zero-order chi connectivity index (χ0) is 22.1. The average molecular weight is 486 g/mol. The molecule has 0 aliphatic rings. The van der Waals surface area contributed by atoms with E-state index in [1.165, 1.54) is 10.8 Å². The molecule has 31 heavy (non-hydrogen) atoms. The van der Waals surface area contributed by atoms with E-state index in [9.17, 15) is 14.4 Å². The summed E-state index contributed by atoms with van der Waals surface area (Å²) < 4.78 is 10.0. The van der Waals surface area contributed by atoms with Crippen LogP contribution in [0.15, 0.2) is 61.1 Å². The van der Waals surface area contributed by atoms with Crippen molar-refractivity contribution in [2.24, 2.45) is 0 Å². The fourth-order valence-electron chi connectivity index (χ4n) is 3.55. The Hall–Kier alpha value is -3.40. The number of benzene rings is 1. The molecule has 0 fully saturated rings. The van der Waals surface area contributed by atoms with E-state index >= 15 is 0 Å². The van der Waals surface area contributed by atoms with Gasteiger partial charge in [0.1, 0.15) is 17.8 Å². The van der Waals surface area contributed by atoms with Crippen LogP contribution in [0, 0.1) is 6.92 Å². The maximum atomic E-state index is 13.3. The predicted molar refractivity (Wildman–Crippen MR) is 119 cm³/mol. The van der Waals surface area contributed by atoms with Crippen LogP contribution in [0.1, 0.15) is 18.4 Å². The number of nitrogens with one attached hydrogen (secondary N) is 1. The molecule has 9 nitrogen and oxygen atoms in total. The Morgan fingerprint density at radius 1 is 1.16 bits per heavy atom. The van der Waals surface area contributed by atoms with E-state index in [0.29, 0.717) is 29.2 Å². The summed E-state index contributed by atoms with van der Waals surface area (Å²) >= 11 is 3.36. The highest BCUT2D eigenvalue weighted by molar-refractivity contribution is 9.10. The van der Waals surface area contributed by atoms with Gasteiger partial charge in [-0.1, -0.05) is 22.0 Å². The molecule has 0 atom stereocenters. The van der Waals surface area contributed by atoms with Gasteiger partial charge in [0.25, 0.3) is 5.56 Å². The van der Waals surface area contributed by atoms with Gasteiger partial charge in [-0.15, -0.1) is 0 Å². The first kappa shape index (κ1) is 20.9. The van der Waals surface area contributed by atoms with Crippen molar-refractivity contribution in [1.82, 2.24) is 18.9 Å². The van der Waals surface area contributed by atoms with Gasteiger partial charge < -0.3 is 9.73 Å². The number of carbonyl (C=O) groups is 1. The van der Waals surface area contributed by atoms with Crippen molar-refractivity contribution in [3.05, 3.63) is 79.4 Å². The summed E-state index contributed by atoms with van der Waals surface area (Å²) in [5.41, 5.74) is 0.665. The zero-order valence-electron chi connectivity index (χ0n) is 17.0. The number of rotatable bonds is 6. The van der Waals surface area contributed by atoms with Crippen LogP contribution >= 0.6 is 15.9 Å². The molecule has 0 saturated carbocycles. The van der Waals surface area contributed by atoms with Crippen molar-refractivity contribution in [2.45, 2.75) is 33.5 Å². The van der Waals surface area contributed by atoms with Crippen molar-refractivity contribution in [3.8, 4) is 0 Å². The fraction of sp³-hybridized carbons (Fsp3) is 0.238. The normalized spacial score (nSPS) is 11.2. The van der Waals surface area contributed by atoms with Gasteiger partial charge in [-0.3, -0.25) is 23.4 Å². The van der Waals surface area contributed by atoms with Crippen molar-refractivity contribution in [1.29, 1.82) is 0 Å². The smallest absolute Gasteiger partial charge is 0.332 e. The van der Waals surface area contributed by atoms with E-state index in [1.807, 2.05) is 13.0 Å². The maximum absolute atomic E-state index is 13.3. The Kier molecular flexibility index (Phi) is 5.64. The van der Waals surface area contributed by atoms with Crippen molar-refractivity contribution < 1.29 is 9.21 Å². The third kappa shape index (κ3) is 3.98. The minimum absolute atomic E-state index is 0.0399. The van der Waals surface area contributed by atoms with Crippen LogP contribution in [0.4, 0.5) is 5.69 Å². The quantitative estimate of drug-likeness (QED) is 0.452. The number of aryl methyl sites for hydroxylation is 2. The monoisotopic (exact) mass is 485 g/mol. The number of aromatic nitrogens is 4. The summed E-state index contributed by atoms with van der Waals surface area (Å²) in [5.74, 6) is 0.0660. The van der Waals surface area contributed by atoms with Crippen LogP contribution in [0.3, 0.4) is 0 Å². The largest absolute Gasteiger partial charge is 0.467 e. The lowest BCUT2D eigenvalue weighted by Gasteiger charge is -2.13. The molecule has 10 heteroatoms. The molecule has 0 aliphatic heterocycles. The van der Waals surface area contributed by atoms with Crippen LogP contribution in [-0.2, 0) is 24.4 Å². The first-order valence-electron chi connectivity index (χ1n) is 9.67. The Morgan fingerprint density at radius 3 is 2.65 bits per heavy atom. The molecule has 1 aromatic carbocycles. The van der Waals surface area contributed by atoms with Crippen LogP contribution in [0.2, 0.25) is 0 Å². The summed E-state index contributed by atoms with van der Waals surface area (Å²) in [6.07, 6.45) is 1.48. The molecule has 0 aliphatic carbocycles. The number of carbonyl (C=O) groups excluding carboxylic acids is 1. The Morgan fingerprint density at radius 2 is 1.97 bits per heavy atom. The highest BCUT2D eigenvalue weighted by Gasteiger charge is 2.22. The van der Waals surface area contributed by atoms with Crippen LogP contribution in [0.5, 0.6) is 0 Å². The minimum atomic E-state index is -0.600. The standard InChI is InChI=1S/C21H20BrN5O4/c1-3-27-19-18(13(2)24-27)25(12-17(28)23-15-7-4-6-14(22)10-15)21(30)26(20(19)29)11-16-8-5-9-31-16/h4-10H,3,11-12H2,1-2H3,(H,23,28). The van der Waals surface area contributed by atoms with Crippen LogP contribution in [-0.4, -0.2) is 24.8 Å². The number of hydrogen-bond acceptors (Lipinski definition) is 5. The number of nitrogens with zero attached hydrogens (tertiary/aromatic N) is 4. The second kappa shape index (κ2) is 8.38. The van der Waals surface area contributed by atoms with Gasteiger partial charge >= 0.3 is 5.69 Å². The van der Waals surface area contributed by atoms with Crippen molar-refractivity contribution in [3.63, 3.8) is 0 Å². The summed E-state index contributed by atoms with van der Waals surface area (Å²) in [7, 11) is 0. The van der Waals surface area contributed by atoms with Crippen LogP contribution < -0.4 is 16.6 Å². The van der Waals surface area contributed by atoms with Gasteiger partial charge in [-0.25, -0.2) is 4.79 Å². The van der Waals surface area contributed by atoms with Gasteiger partial charge in [0.2, 0.25) is 5.91 Å². The Labute approximate surface area is 185 Å². The fourth-order valence-corrected chi connectivity index (χ4v) is 3.95. The maximum Gasteiger partial charge on any atom is 0.332 e. The molecule has 3 aromatic heterocycles. The molecule has 4 rings (SSSR count). The second-order valence-corrected chi connectivity index (χ2v) is 7.91. The van der Waals surface area contributed by atoms with Crippen molar-refractivity contribution >= 4 is 38.6 Å². The SMILES string of the molecule is CCn1nc(C)c2c1c(=O)n(Cc1ccco1)c(=O)n2CC(=O)Nc1cccc(Br)c1. The molecule has 1 amide bonds. The highest BCUT2D eigenvalue weighted by atomic mass is 79.9. The molecule has 0 unspecified atom stereocenters. The van der Waals surface area contributed by atoms with Gasteiger partial charge in [-0.05, 0) is 44.2 Å². The lowest BCUT2D eigenvalue weighted by Crippen LogP contribution is -2.42. The number of hydrogen-bond donors (Lipinski definition) is 1. The molecule has 0 spiro atoms. The molecule has 3 heterocycles. The van der Waals surface area contributed by atoms with Gasteiger partial charge in [0, 0.05) is 16.7 Å². The van der Waals surface area contributed by atoms with Gasteiger partial charge in [-0.2, -0.15) is 5.10 Å². The lowest BCUT2D eigenvalue weighted by molar-refractivity contribution is -0.116. The van der Waals surface area contributed by atoms with E-state index in [1.54, 1.807) is 41.9 Å². The molecular formula is C21H20BrN5O4. The molecule has 160 valence electrons. The third-order valence-electron chi connectivity index (χ3n) is 4.88. The average Bonchev–Trinajstić information content (AvgIpc) is 3.36. The van der Waals surface area contributed by atoms with Gasteiger partial charge in [0.05, 0.1) is 18.5 Å². The van der Waals surface area contributed by atoms with E-state index < -0.39 is 17.2 Å². The van der Waals surface area contributed by atoms with Gasteiger partial charge in [0.15, 0.2) is 5.52 Å². The molecular weight excluding hydrogens is 466 g/mol. The summed E-state index contributed by atoms with van der Waals surface area (Å²) in [6.45, 7) is 3.71. The van der Waals surface area contributed by atoms with E-state index in [2.05, 4.69) is 26.3 Å². The number of anilines is 1. The van der Waals surface area contributed by atoms with Crippen molar-refractivity contribution in [2.75, 3.05) is 5.32 Å². The summed E-state index contributed by atoms with van der Waals surface area (Å²) in [4.78, 5) is 39.2. The predicted octanol–water partition coefficient (Wildman–Crippen LogP) is 2.73. The first-order valence-corrected chi connectivity index (χ1v) is 10.5. The lowest BCUT2D eigenvalue weighted by atomic mass is 10.3. The molecule has 0 bridgehead atoms. The first-order chi connectivity index (χ1) is 14.9. The third-order valence-corrected chi connectivity index (χ3v) is 5.37. The topological polar surface area (TPSA) is 104 Å². The minimum Gasteiger partial charge on any atom is -0.467 e. The van der Waals surface area contributed by atoms with E-state index in [4.69, 9.17) is 4.42 Å². The van der Waals surface area contributed by atoms with E-state index in [-0.39, 0.29) is 18.6 Å². The highest BCUT2D eigenvalue weighted by Crippen LogP contribution is 2.17. The molecule has 0 radical (unpaired) electrons. The number of halogens is 1. The Bertz CT molecular complexity index is 1380. The number of amides is 1. The number of fused-ring (bicyclic) bond motifs is 1. The Balaban J connectivity index is 1.83. The van der Waals surface area contributed by atoms with E-state index in [0.717, 1.165) is 9.04 Å². The zero-order valence-corrected chi connectivity index (χ0v) is 18.5. The number of furan rings is 1. The summed E-state index contributed by atoms with van der Waals surface area (Å²) in [5, 5.41) is 7.18. The second-order valence-electron chi connectivity index (χ2n) is 7.00. The molecule has 0 saturated heterocycles. The van der Waals surface area contributed by atoms with Crippen LogP contribution in [0.25, 0.3) is 11.0 Å².